The molecule has 240 valence electrons. The number of carbonyl (C=O) groups excluding carboxylic acids is 2. The summed E-state index contributed by atoms with van der Waals surface area (Å²) in [4.78, 5) is 36.0. The van der Waals surface area contributed by atoms with Crippen LogP contribution < -0.4 is 20.3 Å². The molecule has 1 aliphatic heterocycles. The molecule has 1 aromatic heterocycles. The lowest BCUT2D eigenvalue weighted by atomic mass is 10.1. The molecular weight excluding hydrogens is 652 g/mol. The minimum absolute atomic E-state index is 0.0319. The molecule has 0 radical (unpaired) electrons. The van der Waals surface area contributed by atoms with Crippen LogP contribution in [-0.2, 0) is 17.6 Å². The molecule has 1 saturated carbocycles. The molecule has 0 spiro atoms. The molecule has 2 heterocycles. The molecule has 10 nitrogen and oxygen atoms in total. The largest absolute Gasteiger partial charge is 0.573 e. The third-order valence-electron chi connectivity index (χ3n) is 7.94. The first-order valence-electron chi connectivity index (χ1n) is 14.7. The molecule has 15 heteroatoms. The molecule has 1 atom stereocenters. The highest BCUT2D eigenvalue weighted by atomic mass is 32.2. The average Bonchev–Trinajstić information content (AvgIpc) is 3.43. The summed E-state index contributed by atoms with van der Waals surface area (Å²) in [7, 11) is 0. The minimum atomic E-state index is -4.77. The summed E-state index contributed by atoms with van der Waals surface area (Å²) in [6.45, 7) is 0. The number of carbonyl (C=O) groups is 2. The topological polar surface area (TPSA) is 114 Å². The Bertz CT molecular complexity index is 1910. The van der Waals surface area contributed by atoms with E-state index in [1.54, 1.807) is 4.90 Å². The van der Waals surface area contributed by atoms with Crippen LogP contribution in [0.2, 0.25) is 0 Å². The van der Waals surface area contributed by atoms with Gasteiger partial charge in [-0.25, -0.2) is 14.5 Å². The Labute approximate surface area is 276 Å². The summed E-state index contributed by atoms with van der Waals surface area (Å²) in [5, 5.41) is 10.5. The summed E-state index contributed by atoms with van der Waals surface area (Å²) in [5.41, 5.74) is 5.33. The van der Waals surface area contributed by atoms with Crippen LogP contribution >= 0.6 is 24.0 Å². The van der Waals surface area contributed by atoms with Gasteiger partial charge in [0.25, 0.3) is 0 Å². The monoisotopic (exact) mass is 677 g/mol. The zero-order valence-electron chi connectivity index (χ0n) is 24.5. The first-order chi connectivity index (χ1) is 22.6. The number of rotatable bonds is 6. The predicted molar refractivity (Wildman–Crippen MR) is 175 cm³/mol. The highest BCUT2D eigenvalue weighted by Gasteiger charge is 2.35. The molecule has 47 heavy (non-hydrogen) atoms. The Balaban J connectivity index is 0.962. The van der Waals surface area contributed by atoms with Crippen molar-refractivity contribution in [1.82, 2.24) is 25.4 Å². The van der Waals surface area contributed by atoms with E-state index in [1.807, 2.05) is 42.5 Å². The lowest BCUT2D eigenvalue weighted by Crippen LogP contribution is -2.44. The lowest BCUT2D eigenvalue weighted by molar-refractivity contribution is -0.274. The van der Waals surface area contributed by atoms with Gasteiger partial charge in [0.1, 0.15) is 12.1 Å². The maximum atomic E-state index is 12.9. The number of para-hydroxylation sites is 1. The third kappa shape index (κ3) is 7.00. The van der Waals surface area contributed by atoms with Gasteiger partial charge in [-0.15, -0.1) is 18.3 Å². The summed E-state index contributed by atoms with van der Waals surface area (Å²) in [6, 6.07) is 18.3. The molecule has 0 bridgehead atoms. The number of urea groups is 1. The van der Waals surface area contributed by atoms with Crippen molar-refractivity contribution < 1.29 is 27.5 Å². The number of anilines is 1. The van der Waals surface area contributed by atoms with Crippen molar-refractivity contribution in [3.63, 3.8) is 0 Å². The summed E-state index contributed by atoms with van der Waals surface area (Å²) in [6.07, 6.45) is 0.101. The molecule has 2 N–H and O–H groups in total. The van der Waals surface area contributed by atoms with Crippen molar-refractivity contribution in [1.29, 1.82) is 0 Å². The molecule has 1 unspecified atom stereocenters. The SMILES string of the molecule is O=C(NC(=S)/N=C1\SCC(=O)N1c1ccccc1C1CC1)NC1Cc2ccc(-c3ncn(-c4ccc(OC(F)(F)F)cc4)n3)cc2C1. The van der Waals surface area contributed by atoms with Crippen LogP contribution in [0.4, 0.5) is 23.7 Å². The fourth-order valence-corrected chi connectivity index (χ4v) is 6.83. The van der Waals surface area contributed by atoms with Crippen molar-refractivity contribution in [3.8, 4) is 22.8 Å². The normalized spacial score (nSPS) is 18.4. The van der Waals surface area contributed by atoms with Crippen LogP contribution in [0.15, 0.2) is 78.0 Å². The van der Waals surface area contributed by atoms with E-state index in [4.69, 9.17) is 12.2 Å². The van der Waals surface area contributed by atoms with Crippen LogP contribution in [0, 0.1) is 0 Å². The third-order valence-corrected chi connectivity index (χ3v) is 9.05. The fourth-order valence-electron chi connectivity index (χ4n) is 5.73. The number of fused-ring (bicyclic) bond motifs is 1. The number of amides is 3. The standard InChI is InChI=1S/C32H26F3N7O3S2/c33-32(34,35)45-24-11-9-23(10-12-24)41-17-36-28(40-41)20-8-7-19-14-22(15-21(19)13-20)37-29(44)38-30(46)39-31-42(27(43)16-47-31)26-4-2-1-3-25(26)18-5-6-18/h1-4,7-13,17-18,22H,5-6,14-16H2,(H2,37,38,44,46)/b39-31-. The number of thioether (sulfide) groups is 1. The summed E-state index contributed by atoms with van der Waals surface area (Å²) in [5.74, 6) is 0.733. The highest BCUT2D eigenvalue weighted by Crippen LogP contribution is 2.45. The van der Waals surface area contributed by atoms with Gasteiger partial charge < -0.3 is 10.1 Å². The number of benzene rings is 3. The van der Waals surface area contributed by atoms with E-state index >= 15 is 0 Å². The molecule has 3 amide bonds. The highest BCUT2D eigenvalue weighted by molar-refractivity contribution is 8.15. The van der Waals surface area contributed by atoms with Crippen LogP contribution in [0.25, 0.3) is 17.1 Å². The first kappa shape index (κ1) is 30.9. The van der Waals surface area contributed by atoms with Crippen molar-refractivity contribution in [2.45, 2.75) is 44.0 Å². The van der Waals surface area contributed by atoms with Crippen LogP contribution in [0.5, 0.6) is 5.75 Å². The van der Waals surface area contributed by atoms with Gasteiger partial charge in [0, 0.05) is 11.6 Å². The Morgan fingerprint density at radius 1 is 1.04 bits per heavy atom. The maximum Gasteiger partial charge on any atom is 0.573 e. The summed E-state index contributed by atoms with van der Waals surface area (Å²) < 4.78 is 42.8. The van der Waals surface area contributed by atoms with Crippen molar-refractivity contribution in [3.05, 3.63) is 89.7 Å². The van der Waals surface area contributed by atoms with Crippen molar-refractivity contribution in [2.24, 2.45) is 4.99 Å². The number of nitrogens with one attached hydrogen (secondary N) is 2. The van der Waals surface area contributed by atoms with E-state index in [0.29, 0.717) is 35.4 Å². The van der Waals surface area contributed by atoms with E-state index in [0.717, 1.165) is 40.8 Å². The van der Waals surface area contributed by atoms with Gasteiger partial charge in [-0.2, -0.15) is 4.99 Å². The van der Waals surface area contributed by atoms with Gasteiger partial charge in [-0.05, 0) is 96.9 Å². The molecule has 2 fully saturated rings. The van der Waals surface area contributed by atoms with E-state index in [2.05, 4.69) is 30.4 Å². The van der Waals surface area contributed by atoms with Crippen LogP contribution in [0.1, 0.15) is 35.4 Å². The molecule has 3 aliphatic rings. The molecular formula is C32H26F3N7O3S2. The fraction of sp³-hybridized carbons (Fsp3) is 0.250. The molecule has 4 aromatic rings. The van der Waals surface area contributed by atoms with Gasteiger partial charge in [-0.3, -0.25) is 15.0 Å². The molecule has 1 saturated heterocycles. The second kappa shape index (κ2) is 12.4. The number of halogens is 3. The lowest BCUT2D eigenvalue weighted by Gasteiger charge is -2.20. The number of hydrogen-bond acceptors (Lipinski definition) is 7. The van der Waals surface area contributed by atoms with Gasteiger partial charge in [-0.1, -0.05) is 42.1 Å². The average molecular weight is 678 g/mol. The van der Waals surface area contributed by atoms with Gasteiger partial charge in [0.05, 0.1) is 17.1 Å². The van der Waals surface area contributed by atoms with Crippen LogP contribution in [0.3, 0.4) is 0 Å². The van der Waals surface area contributed by atoms with E-state index in [-0.39, 0.29) is 28.6 Å². The van der Waals surface area contributed by atoms with Crippen molar-refractivity contribution >= 4 is 51.9 Å². The second-order valence-corrected chi connectivity index (χ2v) is 12.6. The van der Waals surface area contributed by atoms with E-state index in [1.165, 1.54) is 47.0 Å². The molecule has 2 aliphatic carbocycles. The minimum Gasteiger partial charge on any atom is -0.406 e. The Hall–Kier alpha value is -4.76. The number of nitrogens with zero attached hydrogens (tertiary/aromatic N) is 5. The quantitative estimate of drug-likeness (QED) is 0.245. The van der Waals surface area contributed by atoms with Gasteiger partial charge in [0.15, 0.2) is 11.0 Å². The number of ether oxygens (including phenoxy) is 1. The van der Waals surface area contributed by atoms with E-state index < -0.39 is 12.4 Å². The number of amidine groups is 1. The van der Waals surface area contributed by atoms with Gasteiger partial charge in [0.2, 0.25) is 11.0 Å². The van der Waals surface area contributed by atoms with Gasteiger partial charge >= 0.3 is 12.4 Å². The van der Waals surface area contributed by atoms with Crippen molar-refractivity contribution in [2.75, 3.05) is 10.7 Å². The zero-order chi connectivity index (χ0) is 32.7. The second-order valence-electron chi connectivity index (χ2n) is 11.3. The molecule has 3 aromatic carbocycles. The number of aromatic nitrogens is 3. The zero-order valence-corrected chi connectivity index (χ0v) is 26.2. The Morgan fingerprint density at radius 3 is 2.57 bits per heavy atom. The number of alkyl halides is 3. The predicted octanol–water partition coefficient (Wildman–Crippen LogP) is 5.90. The maximum absolute atomic E-state index is 12.9. The number of hydrogen-bond donors (Lipinski definition) is 2. The Morgan fingerprint density at radius 2 is 1.81 bits per heavy atom. The molecule has 7 rings (SSSR count). The number of aliphatic imine (C=N–C) groups is 1. The van der Waals surface area contributed by atoms with E-state index in [9.17, 15) is 22.8 Å². The first-order valence-corrected chi connectivity index (χ1v) is 16.1. The van der Waals surface area contributed by atoms with Crippen LogP contribution in [-0.4, -0.2) is 55.1 Å². The number of thiocarbonyl (C=S) groups is 1. The Kier molecular flexibility index (Phi) is 8.18. The smallest absolute Gasteiger partial charge is 0.406 e. The summed E-state index contributed by atoms with van der Waals surface area (Å²) >= 11 is 6.66.